The fourth-order valence-electron chi connectivity index (χ4n) is 3.65. The number of methoxy groups -OCH3 is 1. The molecule has 0 atom stereocenters. The van der Waals surface area contributed by atoms with Crippen LogP contribution in [-0.4, -0.2) is 62.1 Å². The number of amides is 1. The van der Waals surface area contributed by atoms with Crippen molar-refractivity contribution < 1.29 is 18.7 Å². The standard InChI is InChI=1S/C24H32FN3O3/c1-3-31-18-20-6-4-19(5-7-20)15-26-24(29)17-28-12-10-27(11-13-28)16-21-14-22(25)8-9-23(21)30-2/h4-9,14H,3,10-13,15-18H2,1-2H3,(H,26,29). The smallest absolute Gasteiger partial charge is 0.234 e. The molecule has 1 heterocycles. The van der Waals surface area contributed by atoms with Crippen LogP contribution in [-0.2, 0) is 29.2 Å². The highest BCUT2D eigenvalue weighted by atomic mass is 19.1. The molecule has 0 radical (unpaired) electrons. The van der Waals surface area contributed by atoms with E-state index in [1.807, 2.05) is 31.2 Å². The minimum atomic E-state index is -0.255. The van der Waals surface area contributed by atoms with Crippen LogP contribution in [0, 0.1) is 5.82 Å². The van der Waals surface area contributed by atoms with Crippen molar-refractivity contribution in [1.29, 1.82) is 0 Å². The third kappa shape index (κ3) is 7.31. The molecule has 2 aromatic rings. The van der Waals surface area contributed by atoms with Crippen molar-refractivity contribution in [3.8, 4) is 5.75 Å². The lowest BCUT2D eigenvalue weighted by Gasteiger charge is -2.34. The summed E-state index contributed by atoms with van der Waals surface area (Å²) < 4.78 is 24.3. The predicted molar refractivity (Wildman–Crippen MR) is 118 cm³/mol. The van der Waals surface area contributed by atoms with E-state index in [0.29, 0.717) is 38.6 Å². The number of carbonyl (C=O) groups is 1. The fraction of sp³-hybridized carbons (Fsp3) is 0.458. The summed E-state index contributed by atoms with van der Waals surface area (Å²) in [7, 11) is 1.60. The number of hydrogen-bond acceptors (Lipinski definition) is 5. The molecule has 1 fully saturated rings. The van der Waals surface area contributed by atoms with Crippen LogP contribution < -0.4 is 10.1 Å². The van der Waals surface area contributed by atoms with Gasteiger partial charge in [0.25, 0.3) is 0 Å². The maximum Gasteiger partial charge on any atom is 0.234 e. The monoisotopic (exact) mass is 429 g/mol. The van der Waals surface area contributed by atoms with Gasteiger partial charge < -0.3 is 14.8 Å². The fourth-order valence-corrected chi connectivity index (χ4v) is 3.65. The quantitative estimate of drug-likeness (QED) is 0.630. The average molecular weight is 430 g/mol. The molecule has 0 saturated carbocycles. The van der Waals surface area contributed by atoms with E-state index < -0.39 is 0 Å². The van der Waals surface area contributed by atoms with Crippen molar-refractivity contribution in [3.05, 3.63) is 65.0 Å². The molecule has 1 N–H and O–H groups in total. The van der Waals surface area contributed by atoms with Crippen molar-refractivity contribution >= 4 is 5.91 Å². The van der Waals surface area contributed by atoms with Crippen LogP contribution in [0.25, 0.3) is 0 Å². The van der Waals surface area contributed by atoms with E-state index >= 15 is 0 Å². The molecule has 7 heteroatoms. The van der Waals surface area contributed by atoms with Gasteiger partial charge in [-0.25, -0.2) is 4.39 Å². The highest BCUT2D eigenvalue weighted by Gasteiger charge is 2.20. The second kappa shape index (κ2) is 11.8. The Bertz CT molecular complexity index is 836. The van der Waals surface area contributed by atoms with Crippen LogP contribution in [0.5, 0.6) is 5.75 Å². The van der Waals surface area contributed by atoms with Gasteiger partial charge in [-0.1, -0.05) is 24.3 Å². The highest BCUT2D eigenvalue weighted by Crippen LogP contribution is 2.21. The first-order valence-corrected chi connectivity index (χ1v) is 10.8. The van der Waals surface area contributed by atoms with Crippen LogP contribution in [0.2, 0.25) is 0 Å². The van der Waals surface area contributed by atoms with Gasteiger partial charge >= 0.3 is 0 Å². The minimum Gasteiger partial charge on any atom is -0.496 e. The van der Waals surface area contributed by atoms with E-state index in [4.69, 9.17) is 9.47 Å². The molecular formula is C24H32FN3O3. The second-order valence-corrected chi connectivity index (χ2v) is 7.74. The number of nitrogens with zero attached hydrogens (tertiary/aromatic N) is 2. The van der Waals surface area contributed by atoms with Gasteiger partial charge in [-0.15, -0.1) is 0 Å². The molecule has 1 amide bonds. The molecule has 0 spiro atoms. The van der Waals surface area contributed by atoms with Crippen LogP contribution in [0.3, 0.4) is 0 Å². The first kappa shape index (κ1) is 23.2. The first-order valence-electron chi connectivity index (χ1n) is 10.8. The Hall–Kier alpha value is -2.48. The van der Waals surface area contributed by atoms with Crippen LogP contribution in [0.1, 0.15) is 23.6 Å². The Morgan fingerprint density at radius 3 is 2.39 bits per heavy atom. The molecule has 168 valence electrons. The zero-order chi connectivity index (χ0) is 22.1. The maximum absolute atomic E-state index is 13.6. The van der Waals surface area contributed by atoms with Gasteiger partial charge in [-0.3, -0.25) is 14.6 Å². The number of ether oxygens (including phenoxy) is 2. The molecule has 2 aromatic carbocycles. The van der Waals surface area contributed by atoms with Crippen molar-refractivity contribution in [3.63, 3.8) is 0 Å². The third-order valence-electron chi connectivity index (χ3n) is 5.45. The lowest BCUT2D eigenvalue weighted by molar-refractivity contribution is -0.122. The highest BCUT2D eigenvalue weighted by molar-refractivity contribution is 5.78. The van der Waals surface area contributed by atoms with E-state index in [-0.39, 0.29) is 11.7 Å². The summed E-state index contributed by atoms with van der Waals surface area (Å²) in [5.41, 5.74) is 3.05. The third-order valence-corrected chi connectivity index (χ3v) is 5.45. The molecule has 1 saturated heterocycles. The largest absolute Gasteiger partial charge is 0.496 e. The molecule has 0 aliphatic carbocycles. The molecule has 0 bridgehead atoms. The Balaban J connectivity index is 1.38. The summed E-state index contributed by atoms with van der Waals surface area (Å²) in [6.07, 6.45) is 0. The van der Waals surface area contributed by atoms with Gasteiger partial charge in [0.15, 0.2) is 0 Å². The van der Waals surface area contributed by atoms with Crippen molar-refractivity contribution in [2.75, 3.05) is 46.4 Å². The van der Waals surface area contributed by atoms with Gasteiger partial charge in [0.1, 0.15) is 11.6 Å². The molecule has 0 unspecified atom stereocenters. The van der Waals surface area contributed by atoms with E-state index in [1.165, 1.54) is 12.1 Å². The number of carbonyl (C=O) groups excluding carboxylic acids is 1. The van der Waals surface area contributed by atoms with E-state index in [0.717, 1.165) is 42.9 Å². The maximum atomic E-state index is 13.6. The number of halogens is 1. The number of rotatable bonds is 10. The Morgan fingerprint density at radius 2 is 1.71 bits per heavy atom. The van der Waals surface area contributed by atoms with Gasteiger partial charge in [0, 0.05) is 51.4 Å². The lowest BCUT2D eigenvalue weighted by Crippen LogP contribution is -2.49. The zero-order valence-corrected chi connectivity index (χ0v) is 18.4. The summed E-state index contributed by atoms with van der Waals surface area (Å²) in [6, 6.07) is 12.7. The van der Waals surface area contributed by atoms with Gasteiger partial charge in [-0.05, 0) is 36.2 Å². The minimum absolute atomic E-state index is 0.0265. The van der Waals surface area contributed by atoms with Gasteiger partial charge in [-0.2, -0.15) is 0 Å². The molecular weight excluding hydrogens is 397 g/mol. The van der Waals surface area contributed by atoms with Crippen LogP contribution in [0.15, 0.2) is 42.5 Å². The summed E-state index contributed by atoms with van der Waals surface area (Å²) in [5, 5.41) is 3.00. The Kier molecular flexibility index (Phi) is 8.82. The average Bonchev–Trinajstić information content (AvgIpc) is 2.78. The number of nitrogens with one attached hydrogen (secondary N) is 1. The molecule has 1 aliphatic rings. The second-order valence-electron chi connectivity index (χ2n) is 7.74. The van der Waals surface area contributed by atoms with Crippen LogP contribution >= 0.6 is 0 Å². The summed E-state index contributed by atoms with van der Waals surface area (Å²) in [6.45, 7) is 8.10. The van der Waals surface area contributed by atoms with Crippen molar-refractivity contribution in [1.82, 2.24) is 15.1 Å². The van der Waals surface area contributed by atoms with E-state index in [2.05, 4.69) is 15.1 Å². The molecule has 6 nitrogen and oxygen atoms in total. The van der Waals surface area contributed by atoms with Gasteiger partial charge in [0.05, 0.1) is 20.3 Å². The zero-order valence-electron chi connectivity index (χ0n) is 18.4. The molecule has 3 rings (SSSR count). The SMILES string of the molecule is CCOCc1ccc(CNC(=O)CN2CCN(Cc3cc(F)ccc3OC)CC2)cc1. The van der Waals surface area contributed by atoms with Crippen LogP contribution in [0.4, 0.5) is 4.39 Å². The Labute approximate surface area is 183 Å². The normalized spacial score (nSPS) is 15.1. The van der Waals surface area contributed by atoms with E-state index in [1.54, 1.807) is 13.2 Å². The predicted octanol–water partition coefficient (Wildman–Crippen LogP) is 2.80. The number of hydrogen-bond donors (Lipinski definition) is 1. The topological polar surface area (TPSA) is 54.0 Å². The lowest BCUT2D eigenvalue weighted by atomic mass is 10.1. The Morgan fingerprint density at radius 1 is 1.03 bits per heavy atom. The summed E-state index contributed by atoms with van der Waals surface area (Å²) >= 11 is 0. The summed E-state index contributed by atoms with van der Waals surface area (Å²) in [5.74, 6) is 0.475. The van der Waals surface area contributed by atoms with Crippen molar-refractivity contribution in [2.24, 2.45) is 0 Å². The van der Waals surface area contributed by atoms with Crippen molar-refractivity contribution in [2.45, 2.75) is 26.6 Å². The van der Waals surface area contributed by atoms with Gasteiger partial charge in [0.2, 0.25) is 5.91 Å². The molecule has 1 aliphatic heterocycles. The number of piperazine rings is 1. The molecule has 0 aromatic heterocycles. The van der Waals surface area contributed by atoms with E-state index in [9.17, 15) is 9.18 Å². The first-order chi connectivity index (χ1) is 15.1. The summed E-state index contributed by atoms with van der Waals surface area (Å²) in [4.78, 5) is 16.8. The molecule has 31 heavy (non-hydrogen) atoms. The number of benzene rings is 2.